The van der Waals surface area contributed by atoms with E-state index >= 15 is 0 Å². The molecule has 7 rings (SSSR count). The molecule has 6 aromatic rings. The number of hydrogen-bond donors (Lipinski definition) is 0. The topological polar surface area (TPSA) is 181 Å². The number of nitrogens with zero attached hydrogens (tertiary/aromatic N) is 5. The van der Waals surface area contributed by atoms with Gasteiger partial charge in [0, 0.05) is 36.8 Å². The van der Waals surface area contributed by atoms with E-state index in [1.807, 2.05) is 111 Å². The predicted octanol–water partition coefficient (Wildman–Crippen LogP) is 10.5. The molecule has 2 aromatic heterocycles. The largest absolute Gasteiger partial charge is 0.497 e. The average molecular weight is 1110 g/mol. The fourth-order valence-electron chi connectivity index (χ4n) is 9.27. The highest BCUT2D eigenvalue weighted by molar-refractivity contribution is 8.13. The zero-order valence-corrected chi connectivity index (χ0v) is 47.7. The summed E-state index contributed by atoms with van der Waals surface area (Å²) in [7, 11) is 2.97. The molecule has 0 amide bonds. The first kappa shape index (κ1) is 59.6. The van der Waals surface area contributed by atoms with Crippen LogP contribution in [0, 0.1) is 5.41 Å². The summed E-state index contributed by atoms with van der Waals surface area (Å²) in [6.07, 6.45) is 1.53. The second kappa shape index (κ2) is 28.2. The van der Waals surface area contributed by atoms with Gasteiger partial charge >= 0.3 is 5.97 Å². The van der Waals surface area contributed by atoms with Gasteiger partial charge in [0.25, 0.3) is 8.53 Å². The normalized spacial score (nSPS) is 17.1. The van der Waals surface area contributed by atoms with Crippen LogP contribution in [0.4, 0.5) is 0 Å². The number of thioether (sulfide) groups is 1. The molecule has 5 unspecified atom stereocenters. The lowest BCUT2D eigenvalue weighted by Crippen LogP contribution is -2.42. The standard InChI is InChI=1S/C59H72N5O12PS/c1-11-32-71-51(66)30-31-58(6,7)57(67)78-34-33-74-77(64(40(2)3)41(4)5)76-53-50(37-73-59(42-18-14-12-15-19-42,43-22-26-46(68-8)27-23-43)44-24-28-47(69-9)29-25-44)75-56(54(53)70-10)63-39-62-52-49(60-38-61-55(52)63)35-45(65)36-72-48-20-16-13-17-21-48/h11-29,38-41,50,53-54,56H,1,30-37H2,2-10H3. The van der Waals surface area contributed by atoms with Gasteiger partial charge in [-0.05, 0) is 87.2 Å². The first-order chi connectivity index (χ1) is 37.6. The smallest absolute Gasteiger partial charge is 0.306 e. The van der Waals surface area contributed by atoms with Gasteiger partial charge in [0.1, 0.15) is 66.2 Å². The van der Waals surface area contributed by atoms with Crippen molar-refractivity contribution in [3.05, 3.63) is 157 Å². The number of carbonyl (C=O) groups is 3. The van der Waals surface area contributed by atoms with Gasteiger partial charge in [-0.15, -0.1) is 0 Å². The molecule has 0 radical (unpaired) electrons. The number of hydrogen-bond acceptors (Lipinski definition) is 17. The summed E-state index contributed by atoms with van der Waals surface area (Å²) < 4.78 is 61.4. The number of imidazole rings is 1. The van der Waals surface area contributed by atoms with Crippen molar-refractivity contribution in [1.29, 1.82) is 0 Å². The van der Waals surface area contributed by atoms with Crippen LogP contribution in [0.2, 0.25) is 0 Å². The molecule has 1 saturated heterocycles. The number of methoxy groups -OCH3 is 3. The van der Waals surface area contributed by atoms with Crippen molar-refractivity contribution >= 4 is 48.3 Å². The van der Waals surface area contributed by atoms with Crippen LogP contribution in [0.5, 0.6) is 17.2 Å². The zero-order chi connectivity index (χ0) is 55.8. The number of rotatable bonds is 30. The van der Waals surface area contributed by atoms with Gasteiger partial charge in [-0.1, -0.05) is 111 Å². The minimum absolute atomic E-state index is 0.0378. The molecule has 78 heavy (non-hydrogen) atoms. The van der Waals surface area contributed by atoms with E-state index in [9.17, 15) is 14.4 Å². The second-order valence-corrected chi connectivity index (χ2v) is 22.2. The van der Waals surface area contributed by atoms with Gasteiger partial charge in [-0.3, -0.25) is 19.0 Å². The molecule has 0 saturated carbocycles. The molecule has 0 aliphatic carbocycles. The third kappa shape index (κ3) is 14.6. The van der Waals surface area contributed by atoms with Crippen molar-refractivity contribution < 1.29 is 56.6 Å². The number of ether oxygens (including phenoxy) is 7. The van der Waals surface area contributed by atoms with Crippen LogP contribution in [0.25, 0.3) is 11.2 Å². The number of para-hydroxylation sites is 1. The fraction of sp³-hybridized carbons (Fsp3) is 0.424. The first-order valence-corrected chi connectivity index (χ1v) is 28.1. The van der Waals surface area contributed by atoms with Crippen molar-refractivity contribution in [2.45, 2.75) is 103 Å². The lowest BCUT2D eigenvalue weighted by molar-refractivity contribution is -0.143. The highest BCUT2D eigenvalue weighted by atomic mass is 32.2. The van der Waals surface area contributed by atoms with Crippen LogP contribution in [0.15, 0.2) is 135 Å². The lowest BCUT2D eigenvalue weighted by Gasteiger charge is -2.39. The minimum Gasteiger partial charge on any atom is -0.497 e. The monoisotopic (exact) mass is 1110 g/mol. The molecule has 416 valence electrons. The summed E-state index contributed by atoms with van der Waals surface area (Å²) in [5.74, 6) is 1.70. The van der Waals surface area contributed by atoms with Gasteiger partial charge in [0.2, 0.25) is 0 Å². The molecular formula is C59H72N5O12PS. The van der Waals surface area contributed by atoms with Gasteiger partial charge < -0.3 is 42.2 Å². The Bertz CT molecular complexity index is 2820. The van der Waals surface area contributed by atoms with Crippen LogP contribution >= 0.6 is 20.3 Å². The van der Waals surface area contributed by atoms with Crippen LogP contribution in [0.3, 0.4) is 0 Å². The van der Waals surface area contributed by atoms with Crippen molar-refractivity contribution in [3.8, 4) is 17.2 Å². The number of aromatic nitrogens is 4. The maximum absolute atomic E-state index is 13.6. The Morgan fingerprint density at radius 3 is 2.01 bits per heavy atom. The molecule has 0 bridgehead atoms. The summed E-state index contributed by atoms with van der Waals surface area (Å²) >= 11 is 1.16. The number of esters is 1. The van der Waals surface area contributed by atoms with Gasteiger partial charge in [-0.25, -0.2) is 19.6 Å². The molecule has 3 heterocycles. The predicted molar refractivity (Wildman–Crippen MR) is 300 cm³/mol. The van der Waals surface area contributed by atoms with E-state index in [0.717, 1.165) is 28.5 Å². The lowest BCUT2D eigenvalue weighted by atomic mass is 9.80. The Morgan fingerprint density at radius 1 is 0.808 bits per heavy atom. The van der Waals surface area contributed by atoms with Crippen LogP contribution < -0.4 is 14.2 Å². The van der Waals surface area contributed by atoms with Crippen LogP contribution in [0.1, 0.15) is 83.0 Å². The SMILES string of the molecule is C=CCOC(=O)CCC(C)(C)C(=O)SCCOP(OC1C(COC(c2ccccc2)(c2ccc(OC)cc2)c2ccc(OC)cc2)OC(n2cnc3c(CC(=O)COc4ccccc4)ncnc32)C1OC)N(C(C)C)C(C)C. The number of benzene rings is 4. The summed E-state index contributed by atoms with van der Waals surface area (Å²) in [5.41, 5.74) is 1.75. The van der Waals surface area contributed by atoms with Crippen LogP contribution in [-0.4, -0.2) is 125 Å². The first-order valence-electron chi connectivity index (χ1n) is 26.0. The molecule has 1 aliphatic rings. The van der Waals surface area contributed by atoms with E-state index in [4.69, 9.17) is 47.2 Å². The molecule has 1 aliphatic heterocycles. The number of fused-ring (bicyclic) bond motifs is 1. The second-order valence-electron chi connectivity index (χ2n) is 19.7. The third-order valence-corrected chi connectivity index (χ3v) is 16.6. The maximum Gasteiger partial charge on any atom is 0.306 e. The van der Waals surface area contributed by atoms with E-state index < -0.39 is 44.1 Å². The fourth-order valence-corrected chi connectivity index (χ4v) is 12.0. The highest BCUT2D eigenvalue weighted by Gasteiger charge is 2.51. The Balaban J connectivity index is 1.25. The third-order valence-electron chi connectivity index (χ3n) is 13.3. The number of ketones is 1. The van der Waals surface area contributed by atoms with Crippen molar-refractivity contribution in [2.75, 3.05) is 53.5 Å². The highest BCUT2D eigenvalue weighted by Crippen LogP contribution is 2.52. The molecule has 0 spiro atoms. The number of Topliss-reactive ketones (excluding diaryl/α,β-unsaturated/α-hetero) is 1. The summed E-state index contributed by atoms with van der Waals surface area (Å²) in [6.45, 7) is 15.7. The van der Waals surface area contributed by atoms with Gasteiger partial charge in [0.15, 0.2) is 22.8 Å². The van der Waals surface area contributed by atoms with Gasteiger partial charge in [0.05, 0.1) is 45.9 Å². The molecular weight excluding hydrogens is 1030 g/mol. The van der Waals surface area contributed by atoms with E-state index in [-0.39, 0.29) is 68.2 Å². The molecule has 19 heteroatoms. The molecule has 0 N–H and O–H groups in total. The zero-order valence-electron chi connectivity index (χ0n) is 45.9. The van der Waals surface area contributed by atoms with E-state index in [1.54, 1.807) is 44.4 Å². The van der Waals surface area contributed by atoms with Crippen LogP contribution in [-0.2, 0) is 54.4 Å². The summed E-state index contributed by atoms with van der Waals surface area (Å²) in [6, 6.07) is 34.6. The Kier molecular flexibility index (Phi) is 21.5. The van der Waals surface area contributed by atoms with Crippen molar-refractivity contribution in [2.24, 2.45) is 5.41 Å². The van der Waals surface area contributed by atoms with Crippen molar-refractivity contribution in [1.82, 2.24) is 24.2 Å². The summed E-state index contributed by atoms with van der Waals surface area (Å²) in [4.78, 5) is 53.2. The maximum atomic E-state index is 13.6. The molecule has 5 atom stereocenters. The quantitative estimate of drug-likeness (QED) is 0.0136. The van der Waals surface area contributed by atoms with Gasteiger partial charge in [-0.2, -0.15) is 0 Å². The molecule has 1 fully saturated rings. The average Bonchev–Trinajstić information content (AvgIpc) is 4.15. The Hall–Kier alpha value is -6.08. The molecule has 4 aromatic carbocycles. The Morgan fingerprint density at radius 2 is 1.42 bits per heavy atom. The van der Waals surface area contributed by atoms with Crippen molar-refractivity contribution in [3.63, 3.8) is 0 Å². The minimum atomic E-state index is -1.89. The van der Waals surface area contributed by atoms with E-state index in [0.29, 0.717) is 46.3 Å². The Labute approximate surface area is 463 Å². The van der Waals surface area contributed by atoms with E-state index in [2.05, 4.69) is 48.9 Å². The van der Waals surface area contributed by atoms with E-state index in [1.165, 1.54) is 12.4 Å². The summed E-state index contributed by atoms with van der Waals surface area (Å²) in [5, 5.41) is -0.0684. The molecule has 17 nitrogen and oxygen atoms in total. The number of carbonyl (C=O) groups excluding carboxylic acids is 3.